The molecule has 0 aromatic carbocycles. The zero-order valence-corrected chi connectivity index (χ0v) is 7.84. The second kappa shape index (κ2) is 4.86. The van der Waals surface area contributed by atoms with E-state index >= 15 is 0 Å². The first-order valence-corrected chi connectivity index (χ1v) is 4.57. The van der Waals surface area contributed by atoms with Crippen LogP contribution in [0.4, 0.5) is 0 Å². The monoisotopic (exact) mass is 166 g/mol. The van der Waals surface area contributed by atoms with Crippen LogP contribution in [0.1, 0.15) is 39.5 Å². The summed E-state index contributed by atoms with van der Waals surface area (Å²) in [6.07, 6.45) is 8.08. The van der Waals surface area contributed by atoms with E-state index in [1.165, 1.54) is 19.3 Å². The number of unbranched alkanes of at least 4 members (excludes halogenated alkanes) is 2. The maximum atomic E-state index is 5.34. The molecule has 0 N–H and O–H groups in total. The van der Waals surface area contributed by atoms with Crippen LogP contribution >= 0.6 is 0 Å². The molecule has 1 heterocycles. The first-order chi connectivity index (χ1) is 5.84. The lowest BCUT2D eigenvalue weighted by atomic mass is 10.1. The van der Waals surface area contributed by atoms with Crippen LogP contribution in [0.3, 0.4) is 0 Å². The Hall–Kier alpha value is -0.920. The first kappa shape index (κ1) is 9.17. The van der Waals surface area contributed by atoms with Gasteiger partial charge in [0.1, 0.15) is 12.0 Å². The fourth-order valence-electron chi connectivity index (χ4n) is 1.19. The molecular formula is C10H16NO. The third-order valence-corrected chi connectivity index (χ3v) is 1.95. The van der Waals surface area contributed by atoms with E-state index in [4.69, 9.17) is 4.74 Å². The smallest absolute Gasteiger partial charge is 0.124 e. The number of allylic oxidation sites excluding steroid dienone is 2. The van der Waals surface area contributed by atoms with Crippen LogP contribution in [0.5, 0.6) is 0 Å². The van der Waals surface area contributed by atoms with Crippen molar-refractivity contribution in [2.75, 3.05) is 0 Å². The summed E-state index contributed by atoms with van der Waals surface area (Å²) in [6, 6.07) is 0. The average Bonchev–Trinajstić information content (AvgIpc) is 2.09. The van der Waals surface area contributed by atoms with Gasteiger partial charge in [-0.25, -0.2) is 0 Å². The van der Waals surface area contributed by atoms with E-state index in [1.807, 2.05) is 6.92 Å². The highest BCUT2D eigenvalue weighted by molar-refractivity contribution is 5.10. The number of ether oxygens (including phenoxy) is 1. The number of nitrogens with zero attached hydrogens (tertiary/aromatic N) is 1. The highest BCUT2D eigenvalue weighted by atomic mass is 16.5. The Balaban J connectivity index is 2.30. The molecule has 1 rings (SSSR count). The maximum absolute atomic E-state index is 5.34. The average molecular weight is 166 g/mol. The highest BCUT2D eigenvalue weighted by Gasteiger charge is 2.06. The lowest BCUT2D eigenvalue weighted by Crippen LogP contribution is -2.04. The quantitative estimate of drug-likeness (QED) is 0.589. The molecule has 12 heavy (non-hydrogen) atoms. The van der Waals surface area contributed by atoms with Gasteiger partial charge < -0.3 is 4.74 Å². The van der Waals surface area contributed by atoms with E-state index < -0.39 is 0 Å². The molecule has 67 valence electrons. The molecule has 0 aliphatic carbocycles. The van der Waals surface area contributed by atoms with Crippen molar-refractivity contribution in [1.82, 2.24) is 5.32 Å². The van der Waals surface area contributed by atoms with Crippen LogP contribution in [-0.2, 0) is 4.74 Å². The Morgan fingerprint density at radius 1 is 1.42 bits per heavy atom. The fraction of sp³-hybridized carbons (Fsp3) is 0.600. The molecule has 0 amide bonds. The van der Waals surface area contributed by atoms with Crippen molar-refractivity contribution in [2.45, 2.75) is 39.5 Å². The Morgan fingerprint density at radius 3 is 2.92 bits per heavy atom. The molecule has 0 aromatic heterocycles. The molecule has 2 nitrogen and oxygen atoms in total. The van der Waals surface area contributed by atoms with E-state index in [2.05, 4.69) is 12.2 Å². The van der Waals surface area contributed by atoms with Gasteiger partial charge in [0.05, 0.1) is 11.9 Å². The first-order valence-electron chi connectivity index (χ1n) is 4.57. The van der Waals surface area contributed by atoms with Crippen LogP contribution in [0.25, 0.3) is 0 Å². The molecule has 0 saturated heterocycles. The highest BCUT2D eigenvalue weighted by Crippen LogP contribution is 2.16. The molecular weight excluding hydrogens is 150 g/mol. The molecule has 1 radical (unpaired) electrons. The summed E-state index contributed by atoms with van der Waals surface area (Å²) < 4.78 is 5.34. The van der Waals surface area contributed by atoms with Crippen LogP contribution in [0.15, 0.2) is 23.9 Å². The number of hydrogen-bond donors (Lipinski definition) is 0. The Kier molecular flexibility index (Phi) is 3.71. The van der Waals surface area contributed by atoms with E-state index in [1.54, 1.807) is 12.5 Å². The van der Waals surface area contributed by atoms with Gasteiger partial charge in [0, 0.05) is 6.42 Å². The van der Waals surface area contributed by atoms with Crippen molar-refractivity contribution in [2.24, 2.45) is 0 Å². The van der Waals surface area contributed by atoms with Crippen LogP contribution in [-0.4, -0.2) is 0 Å². The van der Waals surface area contributed by atoms with Gasteiger partial charge in [-0.1, -0.05) is 19.8 Å². The summed E-state index contributed by atoms with van der Waals surface area (Å²) in [6.45, 7) is 4.19. The molecule has 0 spiro atoms. The minimum atomic E-state index is 1.02. The molecule has 1 aliphatic heterocycles. The third-order valence-electron chi connectivity index (χ3n) is 1.95. The Labute approximate surface area is 74.3 Å². The van der Waals surface area contributed by atoms with Gasteiger partial charge in [-0.05, 0) is 13.3 Å². The summed E-state index contributed by atoms with van der Waals surface area (Å²) in [7, 11) is 0. The molecule has 0 atom stereocenters. The van der Waals surface area contributed by atoms with E-state index in [0.29, 0.717) is 0 Å². The predicted molar refractivity (Wildman–Crippen MR) is 49.2 cm³/mol. The summed E-state index contributed by atoms with van der Waals surface area (Å²) in [5, 5.41) is 4.16. The Bertz CT molecular complexity index is 194. The normalized spacial score (nSPS) is 15.8. The molecule has 0 bridgehead atoms. The lowest BCUT2D eigenvalue weighted by Gasteiger charge is -2.13. The Morgan fingerprint density at radius 2 is 2.25 bits per heavy atom. The molecule has 0 aromatic rings. The molecule has 0 fully saturated rings. The zero-order chi connectivity index (χ0) is 8.81. The number of hydrogen-bond acceptors (Lipinski definition) is 1. The van der Waals surface area contributed by atoms with Crippen LogP contribution in [0, 0.1) is 0 Å². The van der Waals surface area contributed by atoms with Crippen molar-refractivity contribution in [1.29, 1.82) is 0 Å². The summed E-state index contributed by atoms with van der Waals surface area (Å²) in [5.74, 6) is 1.03. The van der Waals surface area contributed by atoms with Crippen molar-refractivity contribution in [3.05, 3.63) is 23.9 Å². The predicted octanol–water partition coefficient (Wildman–Crippen LogP) is 2.90. The van der Waals surface area contributed by atoms with Crippen molar-refractivity contribution in [3.8, 4) is 0 Å². The van der Waals surface area contributed by atoms with Crippen LogP contribution < -0.4 is 5.32 Å². The lowest BCUT2D eigenvalue weighted by molar-refractivity contribution is 0.309. The van der Waals surface area contributed by atoms with Gasteiger partial charge in [-0.2, -0.15) is 0 Å². The molecule has 0 saturated carbocycles. The van der Waals surface area contributed by atoms with Gasteiger partial charge in [0.25, 0.3) is 0 Å². The molecule has 1 aliphatic rings. The molecule has 0 unspecified atom stereocenters. The second-order valence-electron chi connectivity index (χ2n) is 3.00. The zero-order valence-electron chi connectivity index (χ0n) is 7.84. The third kappa shape index (κ3) is 2.61. The van der Waals surface area contributed by atoms with Gasteiger partial charge in [0.15, 0.2) is 0 Å². The van der Waals surface area contributed by atoms with Crippen molar-refractivity contribution in [3.63, 3.8) is 0 Å². The largest absolute Gasteiger partial charge is 0.466 e. The minimum absolute atomic E-state index is 1.02. The second-order valence-corrected chi connectivity index (χ2v) is 3.00. The maximum Gasteiger partial charge on any atom is 0.124 e. The number of rotatable bonds is 4. The standard InChI is InChI=1S/C10H16NO/c1-3-4-5-6-10-9(2)11-7-8-12-10/h7-8H,3-6H2,1-2H3. The van der Waals surface area contributed by atoms with Gasteiger partial charge >= 0.3 is 0 Å². The summed E-state index contributed by atoms with van der Waals surface area (Å²) in [5.41, 5.74) is 1.02. The van der Waals surface area contributed by atoms with Crippen molar-refractivity contribution < 1.29 is 4.74 Å². The fourth-order valence-corrected chi connectivity index (χ4v) is 1.19. The summed E-state index contributed by atoms with van der Waals surface area (Å²) >= 11 is 0. The van der Waals surface area contributed by atoms with Gasteiger partial charge in [-0.15, -0.1) is 0 Å². The SMILES string of the molecule is CCCCCC1=C(C)[N]C=CO1. The topological polar surface area (TPSA) is 23.3 Å². The summed E-state index contributed by atoms with van der Waals surface area (Å²) in [4.78, 5) is 0. The minimum Gasteiger partial charge on any atom is -0.466 e. The van der Waals surface area contributed by atoms with Gasteiger partial charge in [0.2, 0.25) is 0 Å². The van der Waals surface area contributed by atoms with E-state index in [0.717, 1.165) is 17.9 Å². The van der Waals surface area contributed by atoms with E-state index in [9.17, 15) is 0 Å². The van der Waals surface area contributed by atoms with Crippen molar-refractivity contribution >= 4 is 0 Å². The van der Waals surface area contributed by atoms with Gasteiger partial charge in [-0.3, -0.25) is 5.32 Å². The molecule has 2 heteroatoms. The van der Waals surface area contributed by atoms with E-state index in [-0.39, 0.29) is 0 Å². The van der Waals surface area contributed by atoms with Crippen LogP contribution in [0.2, 0.25) is 0 Å².